The molecular weight excluding hydrogens is 344 g/mol. The van der Waals surface area contributed by atoms with Crippen molar-refractivity contribution < 1.29 is 19.1 Å². The van der Waals surface area contributed by atoms with Crippen LogP contribution in [-0.4, -0.2) is 32.1 Å². The number of nitrogens with one attached hydrogen (secondary N) is 1. The number of para-hydroxylation sites is 2. The summed E-state index contributed by atoms with van der Waals surface area (Å²) in [5.74, 6) is 0.885. The summed E-state index contributed by atoms with van der Waals surface area (Å²) < 4.78 is 10.7. The van der Waals surface area contributed by atoms with E-state index in [2.05, 4.69) is 5.32 Å². The Hall–Kier alpha value is -3.02. The normalized spacial score (nSPS) is 16.3. The summed E-state index contributed by atoms with van der Waals surface area (Å²) in [6, 6.07) is 14.9. The van der Waals surface area contributed by atoms with E-state index in [-0.39, 0.29) is 24.2 Å². The lowest BCUT2D eigenvalue weighted by molar-refractivity contribution is -0.126. The Labute approximate surface area is 159 Å². The predicted octanol–water partition coefficient (Wildman–Crippen LogP) is 2.76. The number of anilines is 1. The molecule has 2 aromatic carbocycles. The van der Waals surface area contributed by atoms with Gasteiger partial charge in [-0.2, -0.15) is 0 Å². The lowest BCUT2D eigenvalue weighted by Gasteiger charge is -2.20. The molecule has 27 heavy (non-hydrogen) atoms. The van der Waals surface area contributed by atoms with E-state index in [1.165, 1.54) is 0 Å². The van der Waals surface area contributed by atoms with Crippen LogP contribution in [0, 0.1) is 5.92 Å². The van der Waals surface area contributed by atoms with Gasteiger partial charge in [-0.1, -0.05) is 24.3 Å². The highest BCUT2D eigenvalue weighted by atomic mass is 16.5. The predicted molar refractivity (Wildman–Crippen MR) is 103 cm³/mol. The molecule has 0 unspecified atom stereocenters. The van der Waals surface area contributed by atoms with Gasteiger partial charge in [0.1, 0.15) is 11.5 Å². The van der Waals surface area contributed by atoms with Gasteiger partial charge in [-0.05, 0) is 36.8 Å². The minimum Gasteiger partial charge on any atom is -0.497 e. The van der Waals surface area contributed by atoms with Gasteiger partial charge in [0.15, 0.2) is 0 Å². The van der Waals surface area contributed by atoms with Crippen molar-refractivity contribution in [2.24, 2.45) is 5.92 Å². The number of amides is 2. The molecule has 2 amide bonds. The summed E-state index contributed by atoms with van der Waals surface area (Å²) in [6.45, 7) is 3.20. The van der Waals surface area contributed by atoms with Crippen LogP contribution < -0.4 is 19.7 Å². The van der Waals surface area contributed by atoms with Crippen molar-refractivity contribution in [2.45, 2.75) is 19.9 Å². The first kappa shape index (κ1) is 18.8. The molecule has 6 nitrogen and oxygen atoms in total. The van der Waals surface area contributed by atoms with E-state index in [9.17, 15) is 9.59 Å². The van der Waals surface area contributed by atoms with Gasteiger partial charge in [-0.25, -0.2) is 0 Å². The molecule has 1 aliphatic heterocycles. The van der Waals surface area contributed by atoms with Crippen molar-refractivity contribution in [3.8, 4) is 11.5 Å². The van der Waals surface area contributed by atoms with Crippen LogP contribution >= 0.6 is 0 Å². The summed E-state index contributed by atoms with van der Waals surface area (Å²) >= 11 is 0. The number of nitrogens with zero attached hydrogens (tertiary/aromatic N) is 1. The van der Waals surface area contributed by atoms with E-state index >= 15 is 0 Å². The van der Waals surface area contributed by atoms with E-state index in [1.807, 2.05) is 55.5 Å². The third-order valence-corrected chi connectivity index (χ3v) is 4.58. The Morgan fingerprint density at radius 1 is 1.19 bits per heavy atom. The summed E-state index contributed by atoms with van der Waals surface area (Å²) in [5.41, 5.74) is 1.70. The number of hydrogen-bond donors (Lipinski definition) is 1. The standard InChI is InChI=1S/C21H24N2O4/c1-3-27-19-7-5-4-6-18(19)23-14-16(12-20(23)24)21(25)22-13-15-8-10-17(26-2)11-9-15/h4-11,16H,3,12-14H2,1-2H3,(H,22,25)/t16-/m1/s1. The third kappa shape index (κ3) is 4.39. The van der Waals surface area contributed by atoms with Crippen LogP contribution in [0.5, 0.6) is 11.5 Å². The third-order valence-electron chi connectivity index (χ3n) is 4.58. The van der Waals surface area contributed by atoms with Gasteiger partial charge in [0.05, 0.1) is 25.3 Å². The molecule has 0 saturated carbocycles. The fraction of sp³-hybridized carbons (Fsp3) is 0.333. The van der Waals surface area contributed by atoms with Gasteiger partial charge in [-0.3, -0.25) is 9.59 Å². The highest BCUT2D eigenvalue weighted by Gasteiger charge is 2.36. The summed E-state index contributed by atoms with van der Waals surface area (Å²) in [6.07, 6.45) is 0.203. The van der Waals surface area contributed by atoms with Crippen molar-refractivity contribution in [3.05, 3.63) is 54.1 Å². The Morgan fingerprint density at radius 3 is 2.63 bits per heavy atom. The number of carbonyl (C=O) groups excluding carboxylic acids is 2. The van der Waals surface area contributed by atoms with Crippen LogP contribution in [0.3, 0.4) is 0 Å². The van der Waals surface area contributed by atoms with Crippen molar-refractivity contribution >= 4 is 17.5 Å². The van der Waals surface area contributed by atoms with E-state index in [0.717, 1.165) is 17.0 Å². The molecule has 1 heterocycles. The van der Waals surface area contributed by atoms with Crippen molar-refractivity contribution in [2.75, 3.05) is 25.2 Å². The quantitative estimate of drug-likeness (QED) is 0.816. The molecule has 1 atom stereocenters. The molecule has 0 spiro atoms. The molecule has 0 aliphatic carbocycles. The van der Waals surface area contributed by atoms with Crippen LogP contribution in [0.25, 0.3) is 0 Å². The van der Waals surface area contributed by atoms with E-state index in [0.29, 0.717) is 25.4 Å². The van der Waals surface area contributed by atoms with Crippen molar-refractivity contribution in [1.82, 2.24) is 5.32 Å². The van der Waals surface area contributed by atoms with Crippen LogP contribution in [0.2, 0.25) is 0 Å². The molecule has 3 rings (SSSR count). The van der Waals surface area contributed by atoms with Crippen LogP contribution in [0.15, 0.2) is 48.5 Å². The SMILES string of the molecule is CCOc1ccccc1N1C[C@H](C(=O)NCc2ccc(OC)cc2)CC1=O. The van der Waals surface area contributed by atoms with E-state index in [4.69, 9.17) is 9.47 Å². The van der Waals surface area contributed by atoms with Gasteiger partial charge in [0, 0.05) is 19.5 Å². The maximum atomic E-state index is 12.5. The number of rotatable bonds is 7. The summed E-state index contributed by atoms with van der Waals surface area (Å²) in [7, 11) is 1.61. The molecule has 142 valence electrons. The summed E-state index contributed by atoms with van der Waals surface area (Å²) in [5, 5.41) is 2.92. The first-order valence-corrected chi connectivity index (χ1v) is 9.05. The highest BCUT2D eigenvalue weighted by Crippen LogP contribution is 2.33. The fourth-order valence-electron chi connectivity index (χ4n) is 3.15. The monoisotopic (exact) mass is 368 g/mol. The average molecular weight is 368 g/mol. The van der Waals surface area contributed by atoms with Crippen molar-refractivity contribution in [1.29, 1.82) is 0 Å². The Bertz CT molecular complexity index is 804. The van der Waals surface area contributed by atoms with Gasteiger partial charge < -0.3 is 19.7 Å². The maximum absolute atomic E-state index is 12.5. The maximum Gasteiger partial charge on any atom is 0.227 e. The minimum atomic E-state index is -0.370. The lowest BCUT2D eigenvalue weighted by Crippen LogP contribution is -2.32. The molecule has 1 saturated heterocycles. The second-order valence-corrected chi connectivity index (χ2v) is 6.37. The van der Waals surface area contributed by atoms with E-state index in [1.54, 1.807) is 12.0 Å². The zero-order valence-electron chi connectivity index (χ0n) is 15.6. The van der Waals surface area contributed by atoms with E-state index < -0.39 is 0 Å². The van der Waals surface area contributed by atoms with Gasteiger partial charge in [0.2, 0.25) is 11.8 Å². The van der Waals surface area contributed by atoms with Crippen LogP contribution in [-0.2, 0) is 16.1 Å². The molecule has 1 N–H and O–H groups in total. The van der Waals surface area contributed by atoms with Gasteiger partial charge >= 0.3 is 0 Å². The zero-order valence-corrected chi connectivity index (χ0v) is 15.6. The van der Waals surface area contributed by atoms with Crippen LogP contribution in [0.1, 0.15) is 18.9 Å². The molecule has 1 fully saturated rings. The molecule has 0 bridgehead atoms. The summed E-state index contributed by atoms with van der Waals surface area (Å²) in [4.78, 5) is 26.6. The highest BCUT2D eigenvalue weighted by molar-refractivity contribution is 6.01. The molecule has 2 aromatic rings. The largest absolute Gasteiger partial charge is 0.497 e. The number of methoxy groups -OCH3 is 1. The second-order valence-electron chi connectivity index (χ2n) is 6.37. The lowest BCUT2D eigenvalue weighted by atomic mass is 10.1. The van der Waals surface area contributed by atoms with Crippen molar-refractivity contribution in [3.63, 3.8) is 0 Å². The molecular formula is C21H24N2O4. The van der Waals surface area contributed by atoms with Crippen LogP contribution in [0.4, 0.5) is 5.69 Å². The Balaban J connectivity index is 1.62. The Kier molecular flexibility index (Phi) is 5.96. The first-order valence-electron chi connectivity index (χ1n) is 9.05. The first-order chi connectivity index (χ1) is 13.1. The molecule has 0 radical (unpaired) electrons. The smallest absolute Gasteiger partial charge is 0.227 e. The molecule has 1 aliphatic rings. The molecule has 6 heteroatoms. The molecule has 0 aromatic heterocycles. The Morgan fingerprint density at radius 2 is 1.93 bits per heavy atom. The average Bonchev–Trinajstić information content (AvgIpc) is 3.09. The topological polar surface area (TPSA) is 67.9 Å². The minimum absolute atomic E-state index is 0.0632. The second kappa shape index (κ2) is 8.58. The zero-order chi connectivity index (χ0) is 19.2. The number of benzene rings is 2. The number of carbonyl (C=O) groups is 2. The van der Waals surface area contributed by atoms with Gasteiger partial charge in [0.25, 0.3) is 0 Å². The number of ether oxygens (including phenoxy) is 2. The fourth-order valence-corrected chi connectivity index (χ4v) is 3.15. The van der Waals surface area contributed by atoms with Gasteiger partial charge in [-0.15, -0.1) is 0 Å². The number of hydrogen-bond acceptors (Lipinski definition) is 4.